The van der Waals surface area contributed by atoms with Crippen molar-refractivity contribution in [3.63, 3.8) is 0 Å². The summed E-state index contributed by atoms with van der Waals surface area (Å²) in [4.78, 5) is 4.78. The van der Waals surface area contributed by atoms with E-state index in [0.717, 1.165) is 22.9 Å². The highest BCUT2D eigenvalue weighted by Gasteiger charge is 2.47. The molecule has 1 aromatic heterocycles. The lowest BCUT2D eigenvalue weighted by molar-refractivity contribution is 0.572. The molecule has 90 valence electrons. The summed E-state index contributed by atoms with van der Waals surface area (Å²) in [6, 6.07) is 7.96. The maximum atomic E-state index is 8.97. The summed E-state index contributed by atoms with van der Waals surface area (Å²) in [5.74, 6) is 3.80. The minimum Gasteiger partial charge on any atom is -0.331 e. The van der Waals surface area contributed by atoms with Gasteiger partial charge in [-0.15, -0.1) is 0 Å². The van der Waals surface area contributed by atoms with E-state index < -0.39 is 0 Å². The monoisotopic (exact) mass is 237 g/mol. The topological polar surface area (TPSA) is 41.6 Å². The van der Waals surface area contributed by atoms with E-state index in [0.29, 0.717) is 11.5 Å². The van der Waals surface area contributed by atoms with Crippen LogP contribution in [0, 0.1) is 23.2 Å². The van der Waals surface area contributed by atoms with Gasteiger partial charge in [0.05, 0.1) is 22.7 Å². The molecule has 3 heteroatoms. The molecule has 0 spiro atoms. The summed E-state index contributed by atoms with van der Waals surface area (Å²) in [6.45, 7) is 0. The van der Waals surface area contributed by atoms with Crippen molar-refractivity contribution in [2.75, 3.05) is 0 Å². The SMILES string of the molecule is Cn1c(C2CC3CC3C2)nc2ccc(C#N)cc21. The van der Waals surface area contributed by atoms with E-state index in [-0.39, 0.29) is 0 Å². The van der Waals surface area contributed by atoms with Crippen LogP contribution in [0.15, 0.2) is 18.2 Å². The highest BCUT2D eigenvalue weighted by atomic mass is 15.1. The first-order valence-corrected chi connectivity index (χ1v) is 6.62. The van der Waals surface area contributed by atoms with Crippen molar-refractivity contribution in [1.82, 2.24) is 9.55 Å². The number of fused-ring (bicyclic) bond motifs is 2. The second-order valence-electron chi connectivity index (χ2n) is 5.77. The number of nitriles is 1. The lowest BCUT2D eigenvalue weighted by atomic mass is 10.0. The molecule has 0 amide bonds. The molecule has 2 aliphatic rings. The van der Waals surface area contributed by atoms with Crippen molar-refractivity contribution in [3.8, 4) is 6.07 Å². The van der Waals surface area contributed by atoms with Gasteiger partial charge in [0.15, 0.2) is 0 Å². The Kier molecular flexibility index (Phi) is 1.89. The van der Waals surface area contributed by atoms with Gasteiger partial charge in [0, 0.05) is 13.0 Å². The highest BCUT2D eigenvalue weighted by Crippen LogP contribution is 2.57. The maximum absolute atomic E-state index is 8.97. The number of aryl methyl sites for hydroxylation is 1. The van der Waals surface area contributed by atoms with Gasteiger partial charge >= 0.3 is 0 Å². The summed E-state index contributed by atoms with van der Waals surface area (Å²) in [6.07, 6.45) is 4.07. The van der Waals surface area contributed by atoms with Crippen molar-refractivity contribution in [3.05, 3.63) is 29.6 Å². The first kappa shape index (κ1) is 10.1. The molecule has 2 saturated carbocycles. The van der Waals surface area contributed by atoms with E-state index in [9.17, 15) is 0 Å². The Labute approximate surface area is 106 Å². The summed E-state index contributed by atoms with van der Waals surface area (Å²) in [7, 11) is 2.08. The molecule has 0 N–H and O–H groups in total. The van der Waals surface area contributed by atoms with E-state index in [1.807, 2.05) is 18.2 Å². The first-order valence-electron chi connectivity index (χ1n) is 6.62. The molecule has 2 fully saturated rings. The van der Waals surface area contributed by atoms with Gasteiger partial charge < -0.3 is 4.57 Å². The van der Waals surface area contributed by atoms with E-state index >= 15 is 0 Å². The van der Waals surface area contributed by atoms with Crippen LogP contribution in [0.1, 0.15) is 36.6 Å². The smallest absolute Gasteiger partial charge is 0.112 e. The number of imidazole rings is 1. The van der Waals surface area contributed by atoms with Crippen LogP contribution < -0.4 is 0 Å². The average Bonchev–Trinajstić information content (AvgIpc) is 2.87. The Hall–Kier alpha value is -1.82. The van der Waals surface area contributed by atoms with Crippen LogP contribution in [-0.2, 0) is 7.05 Å². The van der Waals surface area contributed by atoms with Crippen LogP contribution in [0.3, 0.4) is 0 Å². The second-order valence-corrected chi connectivity index (χ2v) is 5.77. The van der Waals surface area contributed by atoms with Gasteiger partial charge in [-0.2, -0.15) is 5.26 Å². The van der Waals surface area contributed by atoms with Crippen LogP contribution in [0.2, 0.25) is 0 Å². The zero-order valence-corrected chi connectivity index (χ0v) is 10.4. The first-order chi connectivity index (χ1) is 8.76. The van der Waals surface area contributed by atoms with Crippen molar-refractivity contribution in [2.45, 2.75) is 25.2 Å². The molecule has 0 saturated heterocycles. The molecular formula is C15H15N3. The molecular weight excluding hydrogens is 222 g/mol. The van der Waals surface area contributed by atoms with Gasteiger partial charge in [-0.25, -0.2) is 4.98 Å². The molecule has 2 atom stereocenters. The number of hydrogen-bond acceptors (Lipinski definition) is 2. The molecule has 1 heterocycles. The molecule has 2 aromatic rings. The third-order valence-corrected chi connectivity index (χ3v) is 4.65. The minimum absolute atomic E-state index is 0.636. The van der Waals surface area contributed by atoms with Crippen molar-refractivity contribution in [2.24, 2.45) is 18.9 Å². The van der Waals surface area contributed by atoms with Crippen LogP contribution in [0.25, 0.3) is 11.0 Å². The highest BCUT2D eigenvalue weighted by molar-refractivity contribution is 5.77. The van der Waals surface area contributed by atoms with Crippen molar-refractivity contribution in [1.29, 1.82) is 5.26 Å². The largest absolute Gasteiger partial charge is 0.331 e. The maximum Gasteiger partial charge on any atom is 0.112 e. The fourth-order valence-corrected chi connectivity index (χ4v) is 3.57. The molecule has 0 bridgehead atoms. The van der Waals surface area contributed by atoms with Gasteiger partial charge in [0.1, 0.15) is 5.82 Å². The zero-order valence-electron chi connectivity index (χ0n) is 10.4. The standard InChI is InChI=1S/C15H15N3/c1-18-14-4-9(8-16)2-3-13(14)17-15(18)12-6-10-5-11(10)7-12/h2-4,10-12H,5-7H2,1H3. The van der Waals surface area contributed by atoms with E-state index in [1.165, 1.54) is 25.1 Å². The summed E-state index contributed by atoms with van der Waals surface area (Å²) in [5, 5.41) is 8.97. The average molecular weight is 237 g/mol. The van der Waals surface area contributed by atoms with Gasteiger partial charge in [-0.3, -0.25) is 0 Å². The predicted octanol–water partition coefficient (Wildman–Crippen LogP) is 2.96. The number of nitrogens with zero attached hydrogens (tertiary/aromatic N) is 3. The summed E-state index contributed by atoms with van der Waals surface area (Å²) < 4.78 is 2.19. The number of benzene rings is 1. The number of hydrogen-bond donors (Lipinski definition) is 0. The number of rotatable bonds is 1. The quantitative estimate of drug-likeness (QED) is 0.765. The van der Waals surface area contributed by atoms with E-state index in [2.05, 4.69) is 17.7 Å². The molecule has 4 rings (SSSR count). The van der Waals surface area contributed by atoms with Crippen molar-refractivity contribution < 1.29 is 0 Å². The molecule has 0 aliphatic heterocycles. The number of aromatic nitrogens is 2. The third kappa shape index (κ3) is 1.32. The molecule has 2 aliphatic carbocycles. The molecule has 1 aromatic carbocycles. The zero-order chi connectivity index (χ0) is 12.3. The Bertz CT molecular complexity index is 667. The predicted molar refractivity (Wildman–Crippen MR) is 69.0 cm³/mol. The van der Waals surface area contributed by atoms with E-state index in [1.54, 1.807) is 0 Å². The Morgan fingerprint density at radius 1 is 1.28 bits per heavy atom. The molecule has 3 nitrogen and oxygen atoms in total. The lowest BCUT2D eigenvalue weighted by Crippen LogP contribution is -2.04. The minimum atomic E-state index is 0.636. The van der Waals surface area contributed by atoms with Crippen LogP contribution in [0.4, 0.5) is 0 Å². The third-order valence-electron chi connectivity index (χ3n) is 4.65. The van der Waals surface area contributed by atoms with E-state index in [4.69, 9.17) is 10.2 Å². The lowest BCUT2D eigenvalue weighted by Gasteiger charge is -2.11. The summed E-state index contributed by atoms with van der Waals surface area (Å²) >= 11 is 0. The van der Waals surface area contributed by atoms with Crippen molar-refractivity contribution >= 4 is 11.0 Å². The molecule has 2 unspecified atom stereocenters. The van der Waals surface area contributed by atoms with Crippen LogP contribution in [-0.4, -0.2) is 9.55 Å². The van der Waals surface area contributed by atoms with Crippen LogP contribution >= 0.6 is 0 Å². The molecule has 18 heavy (non-hydrogen) atoms. The Morgan fingerprint density at radius 2 is 2.06 bits per heavy atom. The fourth-order valence-electron chi connectivity index (χ4n) is 3.57. The van der Waals surface area contributed by atoms with Gasteiger partial charge in [0.2, 0.25) is 0 Å². The fraction of sp³-hybridized carbons (Fsp3) is 0.467. The van der Waals surface area contributed by atoms with Gasteiger partial charge in [-0.05, 0) is 49.3 Å². The summed E-state index contributed by atoms with van der Waals surface area (Å²) in [5.41, 5.74) is 2.82. The van der Waals surface area contributed by atoms with Gasteiger partial charge in [-0.1, -0.05) is 0 Å². The Balaban J connectivity index is 1.82. The van der Waals surface area contributed by atoms with Gasteiger partial charge in [0.25, 0.3) is 0 Å². The normalized spacial score (nSPS) is 29.2. The van der Waals surface area contributed by atoms with Crippen LogP contribution in [0.5, 0.6) is 0 Å². The second kappa shape index (κ2) is 3.35. The molecule has 0 radical (unpaired) electrons. The Morgan fingerprint density at radius 3 is 2.78 bits per heavy atom.